The van der Waals surface area contributed by atoms with Gasteiger partial charge in [-0.3, -0.25) is 4.79 Å². The summed E-state index contributed by atoms with van der Waals surface area (Å²) >= 11 is 3.28. The largest absolute Gasteiger partial charge is 0.507 e. The van der Waals surface area contributed by atoms with Gasteiger partial charge in [0.25, 0.3) is 0 Å². The van der Waals surface area contributed by atoms with Crippen LogP contribution in [0.5, 0.6) is 28.7 Å². The Morgan fingerprint density at radius 3 is 2.53 bits per heavy atom. The zero-order chi connectivity index (χ0) is 24.0. The van der Waals surface area contributed by atoms with Crippen molar-refractivity contribution in [2.75, 3.05) is 13.7 Å². The van der Waals surface area contributed by atoms with Crippen LogP contribution in [0.15, 0.2) is 68.3 Å². The van der Waals surface area contributed by atoms with Crippen molar-refractivity contribution in [1.82, 2.24) is 0 Å². The number of benzene rings is 3. The van der Waals surface area contributed by atoms with E-state index in [1.54, 1.807) is 24.3 Å². The fourth-order valence-electron chi connectivity index (χ4n) is 3.97. The highest BCUT2D eigenvalue weighted by Crippen LogP contribution is 2.48. The molecule has 2 heterocycles. The van der Waals surface area contributed by atoms with Crippen LogP contribution in [-0.4, -0.2) is 35.1 Å². The van der Waals surface area contributed by atoms with Crippen molar-refractivity contribution in [2.45, 2.75) is 12.2 Å². The second-order valence-corrected chi connectivity index (χ2v) is 8.55. The molecule has 1 aliphatic heterocycles. The molecule has 3 N–H and O–H groups in total. The van der Waals surface area contributed by atoms with Gasteiger partial charge in [0.1, 0.15) is 16.9 Å². The molecule has 0 fully saturated rings. The number of halogens is 1. The number of methoxy groups -OCH3 is 1. The van der Waals surface area contributed by atoms with Crippen LogP contribution in [0.2, 0.25) is 0 Å². The molecule has 0 bridgehead atoms. The summed E-state index contributed by atoms with van der Waals surface area (Å²) in [6.45, 7) is -0.421. The zero-order valence-electron chi connectivity index (χ0n) is 17.8. The first-order valence-corrected chi connectivity index (χ1v) is 11.1. The van der Waals surface area contributed by atoms with Crippen LogP contribution in [0.25, 0.3) is 22.3 Å². The summed E-state index contributed by atoms with van der Waals surface area (Å²) in [5, 5.41) is 30.8. The predicted octanol–water partition coefficient (Wildman–Crippen LogP) is 4.52. The molecule has 8 nitrogen and oxygen atoms in total. The summed E-state index contributed by atoms with van der Waals surface area (Å²) in [6.07, 6.45) is -1.70. The first-order valence-electron chi connectivity index (χ1n) is 10.3. The SMILES string of the molecule is COc1cc(C2Oc3cc(O)c4c(=O)cc(-c5ccccc5)oc4c3OC2CO)cc(Br)c1O. The number of ether oxygens (including phenoxy) is 3. The number of hydrogen-bond acceptors (Lipinski definition) is 8. The molecule has 0 amide bonds. The number of phenols is 2. The smallest absolute Gasteiger partial charge is 0.205 e. The minimum absolute atomic E-state index is 0.0164. The van der Waals surface area contributed by atoms with Gasteiger partial charge in [0, 0.05) is 23.3 Å². The molecule has 5 rings (SSSR count). The van der Waals surface area contributed by atoms with Crippen molar-refractivity contribution in [3.05, 3.63) is 74.9 Å². The van der Waals surface area contributed by atoms with Crippen LogP contribution in [0, 0.1) is 0 Å². The Labute approximate surface area is 201 Å². The molecule has 3 aromatic carbocycles. The second kappa shape index (κ2) is 8.58. The van der Waals surface area contributed by atoms with E-state index in [4.69, 9.17) is 18.6 Å². The molecule has 174 valence electrons. The van der Waals surface area contributed by atoms with E-state index in [1.165, 1.54) is 19.2 Å². The lowest BCUT2D eigenvalue weighted by atomic mass is 10.0. The molecular weight excluding hydrogens is 508 g/mol. The monoisotopic (exact) mass is 526 g/mol. The molecule has 0 radical (unpaired) electrons. The second-order valence-electron chi connectivity index (χ2n) is 7.70. The number of aromatic hydroxyl groups is 2. The van der Waals surface area contributed by atoms with Gasteiger partial charge in [0.05, 0.1) is 18.2 Å². The molecule has 2 unspecified atom stereocenters. The third-order valence-corrected chi connectivity index (χ3v) is 6.20. The predicted molar refractivity (Wildman–Crippen MR) is 127 cm³/mol. The number of fused-ring (bicyclic) bond motifs is 3. The van der Waals surface area contributed by atoms with E-state index in [0.29, 0.717) is 21.4 Å². The van der Waals surface area contributed by atoms with Crippen LogP contribution < -0.4 is 19.6 Å². The molecule has 0 saturated heterocycles. The number of hydrogen-bond donors (Lipinski definition) is 3. The fraction of sp³-hybridized carbons (Fsp3) is 0.160. The van der Waals surface area contributed by atoms with Crippen molar-refractivity contribution >= 4 is 26.9 Å². The zero-order valence-corrected chi connectivity index (χ0v) is 19.4. The minimum atomic E-state index is -0.882. The lowest BCUT2D eigenvalue weighted by Gasteiger charge is -2.33. The van der Waals surface area contributed by atoms with Gasteiger partial charge in [-0.25, -0.2) is 0 Å². The van der Waals surface area contributed by atoms with E-state index >= 15 is 0 Å². The van der Waals surface area contributed by atoms with Crippen molar-refractivity contribution in [2.24, 2.45) is 0 Å². The maximum Gasteiger partial charge on any atom is 0.205 e. The summed E-state index contributed by atoms with van der Waals surface area (Å²) < 4.78 is 23.8. The maximum absolute atomic E-state index is 12.8. The van der Waals surface area contributed by atoms with E-state index in [9.17, 15) is 20.1 Å². The van der Waals surface area contributed by atoms with Crippen molar-refractivity contribution < 1.29 is 33.9 Å². The van der Waals surface area contributed by atoms with Crippen LogP contribution in [0.1, 0.15) is 11.7 Å². The molecule has 0 aliphatic carbocycles. The number of rotatable bonds is 4. The van der Waals surface area contributed by atoms with E-state index < -0.39 is 24.2 Å². The van der Waals surface area contributed by atoms with Crippen LogP contribution in [0.4, 0.5) is 0 Å². The van der Waals surface area contributed by atoms with Crippen LogP contribution >= 0.6 is 15.9 Å². The molecule has 4 aromatic rings. The molecule has 2 atom stereocenters. The first-order chi connectivity index (χ1) is 16.4. The highest BCUT2D eigenvalue weighted by atomic mass is 79.9. The lowest BCUT2D eigenvalue weighted by Crippen LogP contribution is -2.36. The Hall–Kier alpha value is -3.69. The quantitative estimate of drug-likeness (QED) is 0.355. The third kappa shape index (κ3) is 3.63. The number of phenolic OH excluding ortho intramolecular Hbond substituents is 2. The highest BCUT2D eigenvalue weighted by Gasteiger charge is 2.36. The summed E-state index contributed by atoms with van der Waals surface area (Å²) in [5.74, 6) is 0.331. The van der Waals surface area contributed by atoms with Crippen molar-refractivity contribution in [3.8, 4) is 40.1 Å². The van der Waals surface area contributed by atoms with E-state index in [-0.39, 0.29) is 39.7 Å². The van der Waals surface area contributed by atoms with Gasteiger partial charge < -0.3 is 33.9 Å². The van der Waals surface area contributed by atoms with Gasteiger partial charge in [-0.15, -0.1) is 0 Å². The fourth-order valence-corrected chi connectivity index (χ4v) is 4.43. The molecule has 9 heteroatoms. The molecule has 1 aliphatic rings. The average molecular weight is 527 g/mol. The van der Waals surface area contributed by atoms with Gasteiger partial charge in [-0.05, 0) is 28.1 Å². The Morgan fingerprint density at radius 1 is 1.06 bits per heavy atom. The van der Waals surface area contributed by atoms with E-state index in [1.807, 2.05) is 18.2 Å². The van der Waals surface area contributed by atoms with Gasteiger partial charge >= 0.3 is 0 Å². The normalized spacial score (nSPS) is 17.0. The molecule has 34 heavy (non-hydrogen) atoms. The van der Waals surface area contributed by atoms with Crippen LogP contribution in [0.3, 0.4) is 0 Å². The summed E-state index contributed by atoms with van der Waals surface area (Å²) in [4.78, 5) is 12.8. The molecule has 0 spiro atoms. The number of aliphatic hydroxyl groups is 1. The summed E-state index contributed by atoms with van der Waals surface area (Å²) in [7, 11) is 1.42. The van der Waals surface area contributed by atoms with Gasteiger partial charge in [0.2, 0.25) is 5.75 Å². The van der Waals surface area contributed by atoms with Crippen molar-refractivity contribution in [1.29, 1.82) is 0 Å². The molecule has 1 aromatic heterocycles. The Morgan fingerprint density at radius 2 is 1.82 bits per heavy atom. The maximum atomic E-state index is 12.8. The lowest BCUT2D eigenvalue weighted by molar-refractivity contribution is -0.0120. The third-order valence-electron chi connectivity index (χ3n) is 5.60. The van der Waals surface area contributed by atoms with Gasteiger partial charge in [0.15, 0.2) is 40.5 Å². The Bertz CT molecular complexity index is 1450. The topological polar surface area (TPSA) is 119 Å². The Kier molecular flexibility index (Phi) is 5.59. The minimum Gasteiger partial charge on any atom is -0.507 e. The summed E-state index contributed by atoms with van der Waals surface area (Å²) in [5.41, 5.74) is 0.792. The molecule has 0 saturated carbocycles. The van der Waals surface area contributed by atoms with Crippen molar-refractivity contribution in [3.63, 3.8) is 0 Å². The van der Waals surface area contributed by atoms with Gasteiger partial charge in [-0.2, -0.15) is 0 Å². The van der Waals surface area contributed by atoms with Gasteiger partial charge in [-0.1, -0.05) is 30.3 Å². The number of aliphatic hydroxyl groups excluding tert-OH is 1. The highest BCUT2D eigenvalue weighted by molar-refractivity contribution is 9.10. The standard InChI is InChI=1S/C25H19BrO8/c1-31-18-8-13(7-14(26)22(18)30)23-20(11-27)34-24-19(33-23)10-16(29)21-15(28)9-17(32-25(21)24)12-5-3-2-4-6-12/h2-10,20,23,27,29-30H,11H2,1H3. The van der Waals surface area contributed by atoms with E-state index in [0.717, 1.165) is 0 Å². The molecular formula is C25H19BrO8. The first kappa shape index (κ1) is 22.1. The Balaban J connectivity index is 1.67. The van der Waals surface area contributed by atoms with E-state index in [2.05, 4.69) is 15.9 Å². The van der Waals surface area contributed by atoms with Crippen LogP contribution in [-0.2, 0) is 0 Å². The average Bonchev–Trinajstić information content (AvgIpc) is 2.85. The summed E-state index contributed by atoms with van der Waals surface area (Å²) in [6, 6.07) is 14.8.